The first-order valence-electron chi connectivity index (χ1n) is 6.22. The summed E-state index contributed by atoms with van der Waals surface area (Å²) >= 11 is 3.49. The van der Waals surface area contributed by atoms with Crippen molar-refractivity contribution in [2.24, 2.45) is 11.7 Å². The van der Waals surface area contributed by atoms with Crippen LogP contribution >= 0.6 is 15.9 Å². The zero-order valence-corrected chi connectivity index (χ0v) is 12.1. The minimum absolute atomic E-state index is 0.428. The average Bonchev–Trinajstić information content (AvgIpc) is 2.32. The number of aryl methyl sites for hydroxylation is 1. The largest absolute Gasteiger partial charge is 0.352 e. The summed E-state index contributed by atoms with van der Waals surface area (Å²) in [6, 6.07) is 2.57. The molecule has 2 heterocycles. The van der Waals surface area contributed by atoms with E-state index in [0.717, 1.165) is 16.8 Å². The van der Waals surface area contributed by atoms with E-state index in [-0.39, 0.29) is 0 Å². The maximum atomic E-state index is 5.91. The molecule has 2 rings (SSSR count). The third-order valence-corrected chi connectivity index (χ3v) is 4.51. The third kappa shape index (κ3) is 2.63. The first-order valence-corrected chi connectivity index (χ1v) is 7.01. The molecule has 2 unspecified atom stereocenters. The van der Waals surface area contributed by atoms with Crippen molar-refractivity contribution in [1.82, 2.24) is 4.98 Å². The van der Waals surface area contributed by atoms with Crippen LogP contribution in [0.4, 0.5) is 5.82 Å². The van der Waals surface area contributed by atoms with Gasteiger partial charge in [0.15, 0.2) is 0 Å². The van der Waals surface area contributed by atoms with Crippen molar-refractivity contribution < 1.29 is 0 Å². The molecule has 94 valence electrons. The van der Waals surface area contributed by atoms with E-state index in [4.69, 9.17) is 5.73 Å². The van der Waals surface area contributed by atoms with Crippen LogP contribution in [-0.2, 0) is 0 Å². The Balaban J connectivity index is 2.27. The normalized spacial score (nSPS) is 25.1. The molecule has 4 heteroatoms. The molecular formula is C13H20BrN3. The molecule has 1 fully saturated rings. The molecule has 2 atom stereocenters. The number of hydrogen-bond donors (Lipinski definition) is 1. The van der Waals surface area contributed by atoms with Gasteiger partial charge in [-0.25, -0.2) is 4.98 Å². The number of halogens is 1. The Kier molecular flexibility index (Phi) is 4.05. The number of piperidine rings is 1. The molecule has 0 bridgehead atoms. The molecule has 0 amide bonds. The number of aromatic nitrogens is 1. The van der Waals surface area contributed by atoms with Gasteiger partial charge in [-0.1, -0.05) is 6.92 Å². The summed E-state index contributed by atoms with van der Waals surface area (Å²) in [6.45, 7) is 6.16. The lowest BCUT2D eigenvalue weighted by Crippen LogP contribution is -2.49. The highest BCUT2D eigenvalue weighted by molar-refractivity contribution is 9.10. The summed E-state index contributed by atoms with van der Waals surface area (Å²) in [5.41, 5.74) is 7.14. The minimum atomic E-state index is 0.428. The van der Waals surface area contributed by atoms with Gasteiger partial charge in [0.1, 0.15) is 5.82 Å². The molecule has 1 aromatic heterocycles. The topological polar surface area (TPSA) is 42.1 Å². The molecule has 0 saturated carbocycles. The molecule has 1 saturated heterocycles. The van der Waals surface area contributed by atoms with Crippen LogP contribution in [0.2, 0.25) is 0 Å². The Labute approximate surface area is 112 Å². The maximum absolute atomic E-state index is 5.91. The number of nitrogens with two attached hydrogens (primary N) is 1. The zero-order chi connectivity index (χ0) is 12.4. The summed E-state index contributed by atoms with van der Waals surface area (Å²) < 4.78 is 1.07. The van der Waals surface area contributed by atoms with Gasteiger partial charge in [-0.2, -0.15) is 0 Å². The maximum Gasteiger partial charge on any atom is 0.129 e. The fourth-order valence-electron chi connectivity index (χ4n) is 2.57. The van der Waals surface area contributed by atoms with Crippen LogP contribution in [0, 0.1) is 12.8 Å². The standard InChI is InChI=1S/C13H20BrN3/c1-9-4-3-5-17(12(9)7-15)13-6-10(2)11(14)8-16-13/h6,8-9,12H,3-5,7,15H2,1-2H3. The molecule has 2 N–H and O–H groups in total. The van der Waals surface area contributed by atoms with Gasteiger partial charge in [-0.05, 0) is 53.2 Å². The summed E-state index contributed by atoms with van der Waals surface area (Å²) in [5, 5.41) is 0. The molecule has 0 spiro atoms. The SMILES string of the molecule is Cc1cc(N2CCCC(C)C2CN)ncc1Br. The van der Waals surface area contributed by atoms with Crippen LogP contribution in [0.1, 0.15) is 25.3 Å². The van der Waals surface area contributed by atoms with E-state index >= 15 is 0 Å². The van der Waals surface area contributed by atoms with Crippen molar-refractivity contribution in [2.75, 3.05) is 18.0 Å². The van der Waals surface area contributed by atoms with Crippen LogP contribution in [0.15, 0.2) is 16.7 Å². The van der Waals surface area contributed by atoms with E-state index in [2.05, 4.69) is 45.7 Å². The van der Waals surface area contributed by atoms with Crippen LogP contribution in [0.5, 0.6) is 0 Å². The molecule has 1 aromatic rings. The summed E-state index contributed by atoms with van der Waals surface area (Å²) in [5.74, 6) is 1.72. The molecule has 0 aliphatic carbocycles. The Bertz CT molecular complexity index is 394. The van der Waals surface area contributed by atoms with Gasteiger partial charge in [0.05, 0.1) is 0 Å². The second kappa shape index (κ2) is 5.36. The highest BCUT2D eigenvalue weighted by atomic mass is 79.9. The van der Waals surface area contributed by atoms with Gasteiger partial charge in [0, 0.05) is 29.8 Å². The second-order valence-electron chi connectivity index (χ2n) is 4.91. The summed E-state index contributed by atoms with van der Waals surface area (Å²) in [4.78, 5) is 6.89. The third-order valence-electron chi connectivity index (χ3n) is 3.68. The number of pyridine rings is 1. The zero-order valence-electron chi connectivity index (χ0n) is 10.5. The number of anilines is 1. The van der Waals surface area contributed by atoms with Crippen LogP contribution < -0.4 is 10.6 Å². The Morgan fingerprint density at radius 3 is 3.00 bits per heavy atom. The van der Waals surface area contributed by atoms with Gasteiger partial charge >= 0.3 is 0 Å². The van der Waals surface area contributed by atoms with Crippen molar-refractivity contribution >= 4 is 21.7 Å². The lowest BCUT2D eigenvalue weighted by atomic mass is 9.91. The first kappa shape index (κ1) is 12.8. The van der Waals surface area contributed by atoms with E-state index in [1.165, 1.54) is 18.4 Å². The van der Waals surface area contributed by atoms with Crippen LogP contribution in [0.3, 0.4) is 0 Å². The highest BCUT2D eigenvalue weighted by Crippen LogP contribution is 2.28. The van der Waals surface area contributed by atoms with Crippen LogP contribution in [-0.4, -0.2) is 24.1 Å². The van der Waals surface area contributed by atoms with E-state index in [9.17, 15) is 0 Å². The predicted molar refractivity (Wildman–Crippen MR) is 75.3 cm³/mol. The highest BCUT2D eigenvalue weighted by Gasteiger charge is 2.28. The van der Waals surface area contributed by atoms with Crippen molar-refractivity contribution in [2.45, 2.75) is 32.7 Å². The van der Waals surface area contributed by atoms with E-state index in [0.29, 0.717) is 18.5 Å². The van der Waals surface area contributed by atoms with Crippen molar-refractivity contribution in [3.05, 3.63) is 22.3 Å². The Morgan fingerprint density at radius 2 is 2.35 bits per heavy atom. The molecule has 0 aromatic carbocycles. The Morgan fingerprint density at radius 1 is 1.59 bits per heavy atom. The van der Waals surface area contributed by atoms with Crippen LogP contribution in [0.25, 0.3) is 0 Å². The van der Waals surface area contributed by atoms with E-state index < -0.39 is 0 Å². The van der Waals surface area contributed by atoms with E-state index in [1.807, 2.05) is 6.20 Å². The number of rotatable bonds is 2. The van der Waals surface area contributed by atoms with Crippen molar-refractivity contribution in [3.8, 4) is 0 Å². The number of hydrogen-bond acceptors (Lipinski definition) is 3. The van der Waals surface area contributed by atoms with Crippen molar-refractivity contribution in [3.63, 3.8) is 0 Å². The van der Waals surface area contributed by atoms with Gasteiger partial charge < -0.3 is 10.6 Å². The molecule has 1 aliphatic rings. The molecular weight excluding hydrogens is 278 g/mol. The summed E-state index contributed by atoms with van der Waals surface area (Å²) in [6.07, 6.45) is 4.39. The van der Waals surface area contributed by atoms with Gasteiger partial charge in [-0.3, -0.25) is 0 Å². The summed E-state index contributed by atoms with van der Waals surface area (Å²) in [7, 11) is 0. The van der Waals surface area contributed by atoms with Gasteiger partial charge in [0.2, 0.25) is 0 Å². The second-order valence-corrected chi connectivity index (χ2v) is 5.76. The lowest BCUT2D eigenvalue weighted by molar-refractivity contribution is 0.348. The molecule has 1 aliphatic heterocycles. The van der Waals surface area contributed by atoms with E-state index in [1.54, 1.807) is 0 Å². The minimum Gasteiger partial charge on any atom is -0.352 e. The smallest absolute Gasteiger partial charge is 0.129 e. The predicted octanol–water partition coefficient (Wildman–Crippen LogP) is 2.72. The number of nitrogens with zero attached hydrogens (tertiary/aromatic N) is 2. The van der Waals surface area contributed by atoms with Gasteiger partial charge in [0.25, 0.3) is 0 Å². The van der Waals surface area contributed by atoms with Gasteiger partial charge in [-0.15, -0.1) is 0 Å². The Hall–Kier alpha value is -0.610. The monoisotopic (exact) mass is 297 g/mol. The van der Waals surface area contributed by atoms with Crippen molar-refractivity contribution in [1.29, 1.82) is 0 Å². The first-order chi connectivity index (χ1) is 8.13. The average molecular weight is 298 g/mol. The molecule has 0 radical (unpaired) electrons. The lowest BCUT2D eigenvalue weighted by Gasteiger charge is -2.40. The molecule has 3 nitrogen and oxygen atoms in total. The quantitative estimate of drug-likeness (QED) is 0.913. The fraction of sp³-hybridized carbons (Fsp3) is 0.615. The molecule has 17 heavy (non-hydrogen) atoms. The fourth-order valence-corrected chi connectivity index (χ4v) is 2.79.